The summed E-state index contributed by atoms with van der Waals surface area (Å²) in [7, 11) is 0. The SMILES string of the molecule is CC(CC1CCOC1)Nc1cc(NCC23CC(CO)(CO2)C3)nc(-c2ccc(F)c(Cl)c2)n1.O=C(O)C(F)(F)F. The van der Waals surface area contributed by atoms with E-state index in [1.165, 1.54) is 6.07 Å². The summed E-state index contributed by atoms with van der Waals surface area (Å²) in [4.78, 5) is 18.2. The molecule has 4 heterocycles. The number of fused-ring (bicyclic) bond motifs is 1. The van der Waals surface area contributed by atoms with Crippen molar-refractivity contribution in [1.29, 1.82) is 0 Å². The summed E-state index contributed by atoms with van der Waals surface area (Å²) < 4.78 is 56.9. The highest BCUT2D eigenvalue weighted by Crippen LogP contribution is 2.57. The molecule has 1 aromatic heterocycles. The van der Waals surface area contributed by atoms with Gasteiger partial charge in [-0.15, -0.1) is 0 Å². The lowest BCUT2D eigenvalue weighted by Gasteiger charge is -2.43. The summed E-state index contributed by atoms with van der Waals surface area (Å²) in [5.41, 5.74) is 0.314. The molecule has 2 aromatic rings. The van der Waals surface area contributed by atoms with Crippen molar-refractivity contribution < 1.29 is 42.0 Å². The zero-order valence-corrected chi connectivity index (χ0v) is 22.5. The Morgan fingerprint density at radius 2 is 1.95 bits per heavy atom. The first kappa shape index (κ1) is 30.2. The van der Waals surface area contributed by atoms with Crippen LogP contribution < -0.4 is 10.6 Å². The van der Waals surface area contributed by atoms with Crippen LogP contribution in [0, 0.1) is 17.2 Å². The van der Waals surface area contributed by atoms with Crippen LogP contribution in [0.1, 0.15) is 32.6 Å². The number of hydrogen-bond acceptors (Lipinski definition) is 8. The third-order valence-corrected chi connectivity index (χ3v) is 7.55. The van der Waals surface area contributed by atoms with Gasteiger partial charge in [0.25, 0.3) is 0 Å². The monoisotopic (exact) mass is 590 g/mol. The van der Waals surface area contributed by atoms with Crippen molar-refractivity contribution in [2.75, 3.05) is 43.6 Å². The number of alkyl halides is 3. The van der Waals surface area contributed by atoms with E-state index in [9.17, 15) is 22.7 Å². The van der Waals surface area contributed by atoms with Gasteiger partial charge in [0.15, 0.2) is 5.82 Å². The summed E-state index contributed by atoms with van der Waals surface area (Å²) >= 11 is 6.01. The number of rotatable bonds is 9. The quantitative estimate of drug-likeness (QED) is 0.306. The minimum absolute atomic E-state index is 0.0339. The molecule has 14 heteroatoms. The Labute approximate surface area is 233 Å². The van der Waals surface area contributed by atoms with Crippen LogP contribution >= 0.6 is 11.6 Å². The molecule has 1 aromatic carbocycles. The molecule has 1 saturated carbocycles. The Morgan fingerprint density at radius 3 is 2.52 bits per heavy atom. The Balaban J connectivity index is 0.000000470. The van der Waals surface area contributed by atoms with Crippen LogP contribution in [0.25, 0.3) is 11.4 Å². The summed E-state index contributed by atoms with van der Waals surface area (Å²) in [5.74, 6) is -0.874. The minimum atomic E-state index is -5.08. The van der Waals surface area contributed by atoms with Gasteiger partial charge >= 0.3 is 12.1 Å². The predicted molar refractivity (Wildman–Crippen MR) is 139 cm³/mol. The number of hydrogen-bond donors (Lipinski definition) is 4. The highest BCUT2D eigenvalue weighted by atomic mass is 35.5. The molecular weight excluding hydrogens is 560 g/mol. The van der Waals surface area contributed by atoms with Gasteiger partial charge in [-0.25, -0.2) is 19.2 Å². The molecule has 3 saturated heterocycles. The number of nitrogens with one attached hydrogen (secondary N) is 2. The summed E-state index contributed by atoms with van der Waals surface area (Å²) in [6.07, 6.45) is -1.31. The lowest BCUT2D eigenvalue weighted by Crippen LogP contribution is -2.50. The average Bonchev–Trinajstić information content (AvgIpc) is 3.60. The second-order valence-corrected chi connectivity index (χ2v) is 11.1. The largest absolute Gasteiger partial charge is 0.490 e. The number of benzene rings is 1. The van der Waals surface area contributed by atoms with E-state index in [4.69, 9.17) is 31.0 Å². The molecule has 40 heavy (non-hydrogen) atoms. The fraction of sp³-hybridized carbons (Fsp3) is 0.577. The molecule has 2 unspecified atom stereocenters. The standard InChI is InChI=1S/C24H30ClFN4O3.C2HF3O2/c1-15(6-16-4-5-32-9-16)28-21-8-20(27-12-24-10-23(11-24,13-31)14-33-24)29-22(30-21)17-2-3-19(26)18(25)7-17;3-2(4,5)1(6)7/h2-3,7-8,15-16,31H,4-6,9-14H2,1H3,(H2,27,28,29,30);(H,6,7). The lowest BCUT2D eigenvalue weighted by molar-refractivity contribution is -0.192. The molecular formula is C26H31ClF4N4O5. The molecule has 9 nitrogen and oxygen atoms in total. The number of aromatic nitrogens is 2. The number of carboxylic acids is 1. The molecule has 4 N–H and O–H groups in total. The highest BCUT2D eigenvalue weighted by molar-refractivity contribution is 6.31. The summed E-state index contributed by atoms with van der Waals surface area (Å²) in [5, 5.41) is 23.7. The molecule has 0 radical (unpaired) electrons. The Kier molecular flexibility index (Phi) is 9.08. The van der Waals surface area contributed by atoms with Crippen LogP contribution in [0.5, 0.6) is 0 Å². The lowest BCUT2D eigenvalue weighted by atomic mass is 9.63. The maximum atomic E-state index is 13.7. The van der Waals surface area contributed by atoms with Crippen LogP contribution in [-0.2, 0) is 14.3 Å². The van der Waals surface area contributed by atoms with Gasteiger partial charge in [-0.05, 0) is 56.7 Å². The number of carbonyl (C=O) groups is 1. The molecule has 4 aliphatic rings. The molecule has 0 amide bonds. The minimum Gasteiger partial charge on any atom is -0.475 e. The van der Waals surface area contributed by atoms with Crippen molar-refractivity contribution in [2.45, 2.75) is 50.4 Å². The first-order valence-corrected chi connectivity index (χ1v) is 13.2. The number of halogens is 5. The Morgan fingerprint density at radius 1 is 1.25 bits per heavy atom. The van der Waals surface area contributed by atoms with Crippen molar-refractivity contribution in [3.63, 3.8) is 0 Å². The van der Waals surface area contributed by atoms with Gasteiger partial charge in [0.1, 0.15) is 17.5 Å². The van der Waals surface area contributed by atoms with Crippen molar-refractivity contribution in [2.24, 2.45) is 11.3 Å². The van der Waals surface area contributed by atoms with Gasteiger partial charge in [0.2, 0.25) is 0 Å². The van der Waals surface area contributed by atoms with E-state index >= 15 is 0 Å². The highest BCUT2D eigenvalue weighted by Gasteiger charge is 2.61. The average molecular weight is 591 g/mol. The van der Waals surface area contributed by atoms with Crippen LogP contribution in [0.4, 0.5) is 29.2 Å². The van der Waals surface area contributed by atoms with Gasteiger partial charge in [0.05, 0.1) is 23.8 Å². The number of nitrogens with zero attached hydrogens (tertiary/aromatic N) is 2. The number of carboxylic acid groups (broad SMARTS) is 1. The maximum absolute atomic E-state index is 13.7. The molecule has 2 atom stereocenters. The van der Waals surface area contributed by atoms with Gasteiger partial charge in [0, 0.05) is 42.8 Å². The number of aliphatic carboxylic acids is 1. The topological polar surface area (TPSA) is 126 Å². The zero-order valence-electron chi connectivity index (χ0n) is 21.7. The van der Waals surface area contributed by atoms with E-state index in [1.54, 1.807) is 12.1 Å². The number of anilines is 2. The van der Waals surface area contributed by atoms with E-state index in [2.05, 4.69) is 27.5 Å². The first-order valence-electron chi connectivity index (χ1n) is 12.8. The normalized spacial score (nSPS) is 25.9. The summed E-state index contributed by atoms with van der Waals surface area (Å²) in [6.45, 7) is 5.13. The van der Waals surface area contributed by atoms with Gasteiger partial charge in [-0.1, -0.05) is 11.6 Å². The summed E-state index contributed by atoms with van der Waals surface area (Å²) in [6, 6.07) is 6.59. The van der Waals surface area contributed by atoms with Gasteiger partial charge in [-0.3, -0.25) is 0 Å². The molecule has 6 rings (SSSR count). The van der Waals surface area contributed by atoms with Crippen LogP contribution in [-0.4, -0.2) is 76.9 Å². The maximum Gasteiger partial charge on any atom is 0.490 e. The second kappa shape index (κ2) is 12.0. The smallest absolute Gasteiger partial charge is 0.475 e. The number of ether oxygens (including phenoxy) is 2. The molecule has 1 aliphatic carbocycles. The van der Waals surface area contributed by atoms with E-state index in [0.29, 0.717) is 42.1 Å². The van der Waals surface area contributed by atoms with Gasteiger partial charge in [-0.2, -0.15) is 13.2 Å². The molecule has 4 fully saturated rings. The fourth-order valence-corrected chi connectivity index (χ4v) is 5.55. The first-order chi connectivity index (χ1) is 18.8. The zero-order chi connectivity index (χ0) is 29.1. The van der Waals surface area contributed by atoms with E-state index < -0.39 is 18.0 Å². The number of aliphatic hydroxyl groups excluding tert-OH is 1. The van der Waals surface area contributed by atoms with Crippen molar-refractivity contribution >= 4 is 29.2 Å². The van der Waals surface area contributed by atoms with E-state index in [-0.39, 0.29) is 28.7 Å². The third kappa shape index (κ3) is 7.31. The molecule has 3 aliphatic heterocycles. The van der Waals surface area contributed by atoms with Gasteiger partial charge < -0.3 is 30.3 Å². The number of aliphatic hydroxyl groups is 1. The Bertz CT molecular complexity index is 1210. The molecule has 220 valence electrons. The van der Waals surface area contributed by atoms with E-state index in [1.807, 2.05) is 6.07 Å². The molecule has 2 bridgehead atoms. The van der Waals surface area contributed by atoms with Crippen LogP contribution in [0.3, 0.4) is 0 Å². The van der Waals surface area contributed by atoms with Crippen molar-refractivity contribution in [3.8, 4) is 11.4 Å². The van der Waals surface area contributed by atoms with Crippen molar-refractivity contribution in [3.05, 3.63) is 35.1 Å². The fourth-order valence-electron chi connectivity index (χ4n) is 5.37. The van der Waals surface area contributed by atoms with Crippen molar-refractivity contribution in [1.82, 2.24) is 9.97 Å². The third-order valence-electron chi connectivity index (χ3n) is 7.26. The van der Waals surface area contributed by atoms with Crippen LogP contribution in [0.15, 0.2) is 24.3 Å². The Hall–Kier alpha value is -2.74. The van der Waals surface area contributed by atoms with Crippen LogP contribution in [0.2, 0.25) is 5.02 Å². The second-order valence-electron chi connectivity index (χ2n) is 10.7. The molecule has 0 spiro atoms. The van der Waals surface area contributed by atoms with E-state index in [0.717, 1.165) is 38.9 Å². The predicted octanol–water partition coefficient (Wildman–Crippen LogP) is 4.75.